The molecule has 33 heavy (non-hydrogen) atoms. The third kappa shape index (κ3) is 4.90. The number of anilines is 2. The van der Waals surface area contributed by atoms with Crippen molar-refractivity contribution in [3.8, 4) is 11.5 Å². The first-order valence-electron chi connectivity index (χ1n) is 10.6. The van der Waals surface area contributed by atoms with Crippen molar-refractivity contribution < 1.29 is 14.3 Å². The molecular formula is C25H27N5O3. The van der Waals surface area contributed by atoms with E-state index in [-0.39, 0.29) is 11.9 Å². The molecule has 0 aliphatic carbocycles. The summed E-state index contributed by atoms with van der Waals surface area (Å²) in [5.41, 5.74) is 16.5. The Balaban J connectivity index is 1.58. The van der Waals surface area contributed by atoms with Crippen LogP contribution in [0, 0.1) is 0 Å². The number of carbonyl (C=O) groups excluding carboxylic acids is 1. The number of nitrogen functional groups attached to an aromatic ring is 2. The maximum atomic E-state index is 12.9. The number of rotatable bonds is 6. The fraction of sp³-hybridized carbons (Fsp3) is 0.240. The average molecular weight is 446 g/mol. The number of aromatic nitrogens is 2. The first-order valence-corrected chi connectivity index (χ1v) is 10.6. The summed E-state index contributed by atoms with van der Waals surface area (Å²) in [6, 6.07) is 12.0. The summed E-state index contributed by atoms with van der Waals surface area (Å²) in [5.74, 6) is 1.52. The van der Waals surface area contributed by atoms with Crippen LogP contribution in [-0.2, 0) is 24.2 Å². The van der Waals surface area contributed by atoms with Crippen LogP contribution >= 0.6 is 0 Å². The van der Waals surface area contributed by atoms with Crippen LogP contribution in [0.5, 0.6) is 11.5 Å². The Kier molecular flexibility index (Phi) is 6.44. The number of methoxy groups -OCH3 is 2. The molecule has 170 valence electrons. The third-order valence-electron chi connectivity index (χ3n) is 5.73. The van der Waals surface area contributed by atoms with Crippen molar-refractivity contribution in [2.45, 2.75) is 19.4 Å². The molecule has 2 aromatic carbocycles. The summed E-state index contributed by atoms with van der Waals surface area (Å²) < 4.78 is 11.1. The molecule has 0 saturated heterocycles. The molecule has 0 atom stereocenters. The molecule has 0 saturated carbocycles. The van der Waals surface area contributed by atoms with Gasteiger partial charge in [0.25, 0.3) is 0 Å². The molecule has 0 fully saturated rings. The molecule has 3 aromatic rings. The van der Waals surface area contributed by atoms with Crippen LogP contribution in [0.2, 0.25) is 0 Å². The Bertz CT molecular complexity index is 1210. The van der Waals surface area contributed by atoms with E-state index in [1.165, 1.54) is 11.1 Å². The molecule has 1 aromatic heterocycles. The van der Waals surface area contributed by atoms with E-state index in [1.807, 2.05) is 29.2 Å². The Labute approximate surface area is 192 Å². The van der Waals surface area contributed by atoms with Gasteiger partial charge >= 0.3 is 0 Å². The maximum absolute atomic E-state index is 12.9. The highest BCUT2D eigenvalue weighted by Gasteiger charge is 2.19. The van der Waals surface area contributed by atoms with Crippen molar-refractivity contribution >= 4 is 23.7 Å². The second kappa shape index (κ2) is 9.60. The van der Waals surface area contributed by atoms with Gasteiger partial charge in [0.15, 0.2) is 11.5 Å². The van der Waals surface area contributed by atoms with Gasteiger partial charge in [-0.1, -0.05) is 24.3 Å². The van der Waals surface area contributed by atoms with E-state index in [0.717, 1.165) is 23.1 Å². The smallest absolute Gasteiger partial charge is 0.246 e. The molecule has 0 radical (unpaired) electrons. The Morgan fingerprint density at radius 3 is 2.67 bits per heavy atom. The average Bonchev–Trinajstić information content (AvgIpc) is 2.83. The lowest BCUT2D eigenvalue weighted by molar-refractivity contribution is -0.126. The number of nitrogens with two attached hydrogens (primary N) is 2. The van der Waals surface area contributed by atoms with Crippen LogP contribution in [0.3, 0.4) is 0 Å². The Morgan fingerprint density at radius 2 is 1.94 bits per heavy atom. The molecule has 0 spiro atoms. The quantitative estimate of drug-likeness (QED) is 0.560. The van der Waals surface area contributed by atoms with E-state index in [4.69, 9.17) is 20.9 Å². The van der Waals surface area contributed by atoms with Crippen molar-refractivity contribution in [1.82, 2.24) is 14.9 Å². The summed E-state index contributed by atoms with van der Waals surface area (Å²) in [4.78, 5) is 22.8. The fourth-order valence-corrected chi connectivity index (χ4v) is 4.02. The number of amides is 1. The van der Waals surface area contributed by atoms with Gasteiger partial charge < -0.3 is 25.8 Å². The van der Waals surface area contributed by atoms with Crippen LogP contribution in [0.1, 0.15) is 27.8 Å². The van der Waals surface area contributed by atoms with Gasteiger partial charge in [-0.15, -0.1) is 0 Å². The van der Waals surface area contributed by atoms with Crippen LogP contribution in [0.25, 0.3) is 6.08 Å². The minimum atomic E-state index is -0.0490. The summed E-state index contributed by atoms with van der Waals surface area (Å²) in [6.45, 7) is 1.30. The third-order valence-corrected chi connectivity index (χ3v) is 5.73. The van der Waals surface area contributed by atoms with Gasteiger partial charge in [-0.05, 0) is 41.3 Å². The standard InChI is InChI=1S/C25H27N5O3/c1-32-21-13-16(12-20-14-28-25(27)29-24(20)26)11-18(23(21)33-2)7-8-22(31)30-10-9-17-5-3-4-6-19(17)15-30/h3-8,11,13-14H,9-10,12,15H2,1-2H3,(H4,26,27,28,29). The van der Waals surface area contributed by atoms with Gasteiger partial charge in [0, 0.05) is 42.9 Å². The van der Waals surface area contributed by atoms with E-state index in [1.54, 1.807) is 32.6 Å². The molecule has 1 amide bonds. The highest BCUT2D eigenvalue weighted by molar-refractivity contribution is 5.92. The maximum Gasteiger partial charge on any atom is 0.246 e. The largest absolute Gasteiger partial charge is 0.493 e. The molecular weight excluding hydrogens is 418 g/mol. The zero-order valence-corrected chi connectivity index (χ0v) is 18.7. The Hall–Kier alpha value is -4.07. The van der Waals surface area contributed by atoms with E-state index in [9.17, 15) is 4.79 Å². The number of fused-ring (bicyclic) bond motifs is 1. The van der Waals surface area contributed by atoms with Crippen molar-refractivity contribution in [1.29, 1.82) is 0 Å². The van der Waals surface area contributed by atoms with Crippen LogP contribution in [0.15, 0.2) is 48.7 Å². The molecule has 0 unspecified atom stereocenters. The van der Waals surface area contributed by atoms with Gasteiger partial charge in [0.1, 0.15) is 5.82 Å². The molecule has 4 N–H and O–H groups in total. The molecule has 8 nitrogen and oxygen atoms in total. The minimum Gasteiger partial charge on any atom is -0.493 e. The number of hydrogen-bond donors (Lipinski definition) is 2. The molecule has 1 aliphatic heterocycles. The van der Waals surface area contributed by atoms with Crippen molar-refractivity contribution in [3.05, 3.63) is 76.5 Å². The molecule has 1 aliphatic rings. The topological polar surface area (TPSA) is 117 Å². The first-order chi connectivity index (χ1) is 16.0. The predicted molar refractivity (Wildman–Crippen MR) is 128 cm³/mol. The lowest BCUT2D eigenvalue weighted by atomic mass is 9.99. The highest BCUT2D eigenvalue weighted by atomic mass is 16.5. The number of ether oxygens (including phenoxy) is 2. The van der Waals surface area contributed by atoms with Crippen molar-refractivity contribution in [2.24, 2.45) is 0 Å². The van der Waals surface area contributed by atoms with Gasteiger partial charge in [-0.25, -0.2) is 4.98 Å². The zero-order chi connectivity index (χ0) is 23.4. The molecule has 0 bridgehead atoms. The summed E-state index contributed by atoms with van der Waals surface area (Å²) in [5, 5.41) is 0. The van der Waals surface area contributed by atoms with Crippen LogP contribution in [0.4, 0.5) is 11.8 Å². The zero-order valence-electron chi connectivity index (χ0n) is 18.7. The van der Waals surface area contributed by atoms with E-state index >= 15 is 0 Å². The molecule has 8 heteroatoms. The Morgan fingerprint density at radius 1 is 1.15 bits per heavy atom. The normalized spacial score (nSPS) is 13.1. The molecule has 4 rings (SSSR count). The highest BCUT2D eigenvalue weighted by Crippen LogP contribution is 2.34. The lowest BCUT2D eigenvalue weighted by Crippen LogP contribution is -2.34. The van der Waals surface area contributed by atoms with Crippen molar-refractivity contribution in [3.63, 3.8) is 0 Å². The first kappa shape index (κ1) is 22.1. The van der Waals surface area contributed by atoms with E-state index in [2.05, 4.69) is 22.1 Å². The predicted octanol–water partition coefficient (Wildman–Crippen LogP) is 2.85. The van der Waals surface area contributed by atoms with Gasteiger partial charge in [0.05, 0.1) is 14.2 Å². The van der Waals surface area contributed by atoms with Gasteiger partial charge in [-0.2, -0.15) is 4.98 Å². The summed E-state index contributed by atoms with van der Waals surface area (Å²) in [6.07, 6.45) is 6.28. The second-order valence-electron chi connectivity index (χ2n) is 7.85. The van der Waals surface area contributed by atoms with Gasteiger partial charge in [-0.3, -0.25) is 4.79 Å². The van der Waals surface area contributed by atoms with Crippen LogP contribution < -0.4 is 20.9 Å². The van der Waals surface area contributed by atoms with Crippen LogP contribution in [-0.4, -0.2) is 41.5 Å². The lowest BCUT2D eigenvalue weighted by Gasteiger charge is -2.27. The second-order valence-corrected chi connectivity index (χ2v) is 7.85. The van der Waals surface area contributed by atoms with Crippen molar-refractivity contribution in [2.75, 3.05) is 32.2 Å². The summed E-state index contributed by atoms with van der Waals surface area (Å²) >= 11 is 0. The van der Waals surface area contributed by atoms with Gasteiger partial charge in [0.2, 0.25) is 11.9 Å². The number of nitrogens with zero attached hydrogens (tertiary/aromatic N) is 3. The van der Waals surface area contributed by atoms with E-state index < -0.39 is 0 Å². The number of hydrogen-bond acceptors (Lipinski definition) is 7. The number of benzene rings is 2. The minimum absolute atomic E-state index is 0.0490. The monoisotopic (exact) mass is 445 g/mol. The number of carbonyl (C=O) groups is 1. The molecule has 2 heterocycles. The SMILES string of the molecule is COc1cc(Cc2cnc(N)nc2N)cc(C=CC(=O)N2CCc3ccccc3C2)c1OC. The van der Waals surface area contributed by atoms with E-state index in [0.29, 0.717) is 36.8 Å². The fourth-order valence-electron chi connectivity index (χ4n) is 4.02. The summed E-state index contributed by atoms with van der Waals surface area (Å²) in [7, 11) is 3.15.